The number of amides is 1. The number of rotatable bonds is 4. The van der Waals surface area contributed by atoms with Crippen LogP contribution in [0.2, 0.25) is 0 Å². The number of anilines is 1. The van der Waals surface area contributed by atoms with E-state index >= 15 is 0 Å². The van der Waals surface area contributed by atoms with Gasteiger partial charge in [0.25, 0.3) is 5.91 Å². The normalized spacial score (nSPS) is 22.6. The Kier molecular flexibility index (Phi) is 3.68. The average molecular weight is 367 g/mol. The molecule has 1 aliphatic heterocycles. The van der Waals surface area contributed by atoms with Crippen LogP contribution in [0.25, 0.3) is 0 Å². The summed E-state index contributed by atoms with van der Waals surface area (Å²) in [4.78, 5) is 12.4. The zero-order valence-electron chi connectivity index (χ0n) is 13.1. The van der Waals surface area contributed by atoms with Crippen molar-refractivity contribution in [2.75, 3.05) is 16.8 Å². The van der Waals surface area contributed by atoms with Crippen LogP contribution < -0.4 is 5.32 Å². The molecule has 1 amide bonds. The molecular formula is C14H17N5O3S2. The molecule has 1 saturated heterocycles. The smallest absolute Gasteiger partial charge is 0.277 e. The number of nitrogens with one attached hydrogen (secondary N) is 1. The Bertz CT molecular complexity index is 897. The number of carbonyl (C=O) groups excluding carboxylic acids is 1. The maximum absolute atomic E-state index is 12.4. The predicted molar refractivity (Wildman–Crippen MR) is 89.1 cm³/mol. The Hall–Kier alpha value is -1.81. The van der Waals surface area contributed by atoms with Gasteiger partial charge in [0.2, 0.25) is 5.13 Å². The van der Waals surface area contributed by atoms with Gasteiger partial charge in [0, 0.05) is 11.6 Å². The molecule has 4 rings (SSSR count). The third kappa shape index (κ3) is 3.07. The van der Waals surface area contributed by atoms with Crippen molar-refractivity contribution < 1.29 is 13.2 Å². The van der Waals surface area contributed by atoms with Crippen molar-refractivity contribution in [1.82, 2.24) is 20.0 Å². The molecule has 10 heteroatoms. The molecular weight excluding hydrogens is 350 g/mol. The SMILES string of the molecule is Cc1nnc(NC(=O)c2cc(C3CC3)n(C3CCS(=O)(=O)C3)n2)s1. The van der Waals surface area contributed by atoms with Gasteiger partial charge >= 0.3 is 0 Å². The number of nitrogens with zero attached hydrogens (tertiary/aromatic N) is 4. The van der Waals surface area contributed by atoms with Crippen LogP contribution in [0.5, 0.6) is 0 Å². The molecule has 2 aromatic rings. The van der Waals surface area contributed by atoms with Crippen LogP contribution in [0, 0.1) is 6.92 Å². The molecule has 1 atom stereocenters. The number of hydrogen-bond donors (Lipinski definition) is 1. The molecule has 0 spiro atoms. The lowest BCUT2D eigenvalue weighted by Gasteiger charge is -2.12. The molecule has 1 N–H and O–H groups in total. The highest BCUT2D eigenvalue weighted by Gasteiger charge is 2.36. The first-order valence-corrected chi connectivity index (χ1v) is 10.5. The second-order valence-electron chi connectivity index (χ2n) is 6.31. The minimum Gasteiger partial charge on any atom is -0.295 e. The Morgan fingerprint density at radius 3 is 2.71 bits per heavy atom. The van der Waals surface area contributed by atoms with Crippen molar-refractivity contribution in [3.8, 4) is 0 Å². The van der Waals surface area contributed by atoms with Crippen molar-refractivity contribution >= 4 is 32.2 Å². The van der Waals surface area contributed by atoms with Crippen LogP contribution in [0.3, 0.4) is 0 Å². The van der Waals surface area contributed by atoms with Gasteiger partial charge in [-0.3, -0.25) is 14.8 Å². The molecule has 0 aromatic carbocycles. The molecule has 1 unspecified atom stereocenters. The molecule has 128 valence electrons. The molecule has 1 saturated carbocycles. The molecule has 2 fully saturated rings. The fraction of sp³-hybridized carbons (Fsp3) is 0.571. The van der Waals surface area contributed by atoms with E-state index in [4.69, 9.17) is 0 Å². The van der Waals surface area contributed by atoms with E-state index in [1.807, 2.05) is 6.92 Å². The topological polar surface area (TPSA) is 107 Å². The second kappa shape index (κ2) is 5.62. The zero-order chi connectivity index (χ0) is 16.9. The van der Waals surface area contributed by atoms with E-state index in [1.54, 1.807) is 10.7 Å². The Morgan fingerprint density at radius 2 is 2.12 bits per heavy atom. The van der Waals surface area contributed by atoms with E-state index in [0.29, 0.717) is 23.2 Å². The minimum atomic E-state index is -3.00. The molecule has 1 aliphatic carbocycles. The number of aromatic nitrogens is 4. The molecule has 2 aliphatic rings. The molecule has 0 bridgehead atoms. The lowest BCUT2D eigenvalue weighted by Crippen LogP contribution is -2.17. The highest BCUT2D eigenvalue weighted by molar-refractivity contribution is 7.91. The summed E-state index contributed by atoms with van der Waals surface area (Å²) < 4.78 is 25.3. The first-order valence-electron chi connectivity index (χ1n) is 7.82. The standard InChI is InChI=1S/C14H17N5O3S2/c1-8-16-17-14(23-8)15-13(20)11-6-12(9-2-3-9)19(18-11)10-4-5-24(21,22)7-10/h6,9-10H,2-5,7H2,1H3,(H,15,17,20). The Balaban J connectivity index is 1.60. The van der Waals surface area contributed by atoms with Gasteiger partial charge in [0.15, 0.2) is 15.5 Å². The van der Waals surface area contributed by atoms with Gasteiger partial charge in [0.1, 0.15) is 5.01 Å². The summed E-state index contributed by atoms with van der Waals surface area (Å²) in [5.41, 5.74) is 1.27. The molecule has 8 nitrogen and oxygen atoms in total. The predicted octanol–water partition coefficient (Wildman–Crippen LogP) is 1.53. The van der Waals surface area contributed by atoms with Crippen molar-refractivity contribution in [2.24, 2.45) is 0 Å². The maximum atomic E-state index is 12.4. The summed E-state index contributed by atoms with van der Waals surface area (Å²) in [6.07, 6.45) is 2.67. The first-order chi connectivity index (χ1) is 11.4. The van der Waals surface area contributed by atoms with E-state index in [-0.39, 0.29) is 23.5 Å². The number of aryl methyl sites for hydroxylation is 1. The van der Waals surface area contributed by atoms with Crippen LogP contribution in [0.15, 0.2) is 6.07 Å². The van der Waals surface area contributed by atoms with E-state index in [0.717, 1.165) is 23.5 Å². The average Bonchev–Trinajstić information content (AvgIpc) is 2.96. The molecule has 3 heterocycles. The summed E-state index contributed by atoms with van der Waals surface area (Å²) in [7, 11) is -3.00. The van der Waals surface area contributed by atoms with Gasteiger partial charge in [0.05, 0.1) is 17.5 Å². The number of hydrogen-bond acceptors (Lipinski definition) is 7. The summed E-state index contributed by atoms with van der Waals surface area (Å²) in [5.74, 6) is 0.330. The van der Waals surface area contributed by atoms with Gasteiger partial charge in [-0.2, -0.15) is 5.10 Å². The van der Waals surface area contributed by atoms with E-state index in [9.17, 15) is 13.2 Å². The zero-order valence-corrected chi connectivity index (χ0v) is 14.7. The van der Waals surface area contributed by atoms with Crippen LogP contribution in [0.4, 0.5) is 5.13 Å². The van der Waals surface area contributed by atoms with E-state index < -0.39 is 9.84 Å². The Morgan fingerprint density at radius 1 is 1.33 bits per heavy atom. The summed E-state index contributed by atoms with van der Waals surface area (Å²) in [5, 5.41) is 16.1. The van der Waals surface area contributed by atoms with Crippen LogP contribution in [-0.4, -0.2) is 45.8 Å². The highest BCUT2D eigenvalue weighted by atomic mass is 32.2. The third-order valence-electron chi connectivity index (χ3n) is 4.29. The number of carbonyl (C=O) groups is 1. The van der Waals surface area contributed by atoms with E-state index in [2.05, 4.69) is 20.6 Å². The van der Waals surface area contributed by atoms with Crippen LogP contribution >= 0.6 is 11.3 Å². The van der Waals surface area contributed by atoms with Crippen molar-refractivity contribution in [3.63, 3.8) is 0 Å². The van der Waals surface area contributed by atoms with E-state index in [1.165, 1.54) is 11.3 Å². The van der Waals surface area contributed by atoms with Crippen molar-refractivity contribution in [2.45, 2.75) is 38.1 Å². The first kappa shape index (κ1) is 15.7. The fourth-order valence-electron chi connectivity index (χ4n) is 2.97. The monoisotopic (exact) mass is 367 g/mol. The van der Waals surface area contributed by atoms with Gasteiger partial charge in [-0.15, -0.1) is 10.2 Å². The summed E-state index contributed by atoms with van der Waals surface area (Å²) in [6.45, 7) is 1.81. The maximum Gasteiger partial charge on any atom is 0.277 e. The van der Waals surface area contributed by atoms with Crippen LogP contribution in [-0.2, 0) is 9.84 Å². The minimum absolute atomic E-state index is 0.102. The lowest BCUT2D eigenvalue weighted by atomic mass is 10.2. The highest BCUT2D eigenvalue weighted by Crippen LogP contribution is 2.42. The largest absolute Gasteiger partial charge is 0.295 e. The number of sulfone groups is 1. The van der Waals surface area contributed by atoms with Crippen molar-refractivity contribution in [3.05, 3.63) is 22.5 Å². The molecule has 24 heavy (non-hydrogen) atoms. The Labute approximate surface area is 143 Å². The second-order valence-corrected chi connectivity index (χ2v) is 9.72. The quantitative estimate of drug-likeness (QED) is 0.878. The fourth-order valence-corrected chi connectivity index (χ4v) is 5.25. The lowest BCUT2D eigenvalue weighted by molar-refractivity contribution is 0.102. The summed E-state index contributed by atoms with van der Waals surface area (Å²) >= 11 is 1.30. The summed E-state index contributed by atoms with van der Waals surface area (Å²) in [6, 6.07) is 1.61. The van der Waals surface area contributed by atoms with Crippen LogP contribution in [0.1, 0.15) is 52.4 Å². The molecule has 2 aromatic heterocycles. The third-order valence-corrected chi connectivity index (χ3v) is 6.80. The van der Waals surface area contributed by atoms with Gasteiger partial charge in [-0.1, -0.05) is 11.3 Å². The van der Waals surface area contributed by atoms with Gasteiger partial charge < -0.3 is 0 Å². The van der Waals surface area contributed by atoms with Gasteiger partial charge in [-0.05, 0) is 32.3 Å². The molecule has 0 radical (unpaired) electrons. The van der Waals surface area contributed by atoms with Crippen molar-refractivity contribution in [1.29, 1.82) is 0 Å². The van der Waals surface area contributed by atoms with Gasteiger partial charge in [-0.25, -0.2) is 8.42 Å².